The maximum absolute atomic E-state index is 5.09. The van der Waals surface area contributed by atoms with Gasteiger partial charge in [-0.1, -0.05) is 66.3 Å². The molecule has 2 heterocycles. The molecule has 0 amide bonds. The number of aryl methyl sites for hydroxylation is 1. The van der Waals surface area contributed by atoms with Crippen molar-refractivity contribution in [3.8, 4) is 5.69 Å². The topological polar surface area (TPSA) is 17.8 Å². The number of hydrogen-bond donors (Lipinski definition) is 0. The molecule has 170 valence electrons. The van der Waals surface area contributed by atoms with Crippen LogP contribution in [0.25, 0.3) is 44.0 Å². The van der Waals surface area contributed by atoms with Crippen LogP contribution >= 0.6 is 11.3 Å². The number of thiophene rings is 1. The lowest BCUT2D eigenvalue weighted by Crippen LogP contribution is -2.25. The summed E-state index contributed by atoms with van der Waals surface area (Å²) in [5.74, 6) is 1.06. The molecule has 5 aromatic rings. The minimum Gasteiger partial charge on any atom is -0.293 e. The number of fused-ring (bicyclic) bond motifs is 4. The van der Waals surface area contributed by atoms with Gasteiger partial charge in [0.05, 0.1) is 11.0 Å². The third-order valence-corrected chi connectivity index (χ3v) is 8.57. The smallest absolute Gasteiger partial charge is 0.141 e. The maximum Gasteiger partial charge on any atom is 0.141 e. The Labute approximate surface area is 208 Å². The van der Waals surface area contributed by atoms with E-state index in [2.05, 4.69) is 103 Å². The second kappa shape index (κ2) is 8.21. The zero-order valence-corrected chi connectivity index (χ0v) is 20.6. The predicted octanol–water partition coefficient (Wildman–Crippen LogP) is 7.08. The predicted molar refractivity (Wildman–Crippen MR) is 149 cm³/mol. The van der Waals surface area contributed by atoms with E-state index in [1.165, 1.54) is 42.2 Å². The summed E-state index contributed by atoms with van der Waals surface area (Å²) in [7, 11) is 0. The number of hydrogen-bond acceptors (Lipinski definition) is 2. The van der Waals surface area contributed by atoms with Crippen molar-refractivity contribution in [1.29, 1.82) is 0 Å². The Morgan fingerprint density at radius 2 is 1.57 bits per heavy atom. The van der Waals surface area contributed by atoms with Gasteiger partial charge in [0.2, 0.25) is 0 Å². The van der Waals surface area contributed by atoms with Gasteiger partial charge in [-0.3, -0.25) is 4.57 Å². The highest BCUT2D eigenvalue weighted by atomic mass is 32.1. The molecular weight excluding hydrogens is 444 g/mol. The SMILES string of the molecule is Cc1ccc(-n2c(C3=CC=C(C4=c5sc6ccccc6c5=CCC4)CC3)nc3ccccc32)cc1. The van der Waals surface area contributed by atoms with Crippen LogP contribution in [0.15, 0.2) is 90.5 Å². The van der Waals surface area contributed by atoms with Crippen LogP contribution in [-0.2, 0) is 0 Å². The third-order valence-electron chi connectivity index (χ3n) is 7.33. The highest BCUT2D eigenvalue weighted by Crippen LogP contribution is 2.35. The Balaban J connectivity index is 1.36. The summed E-state index contributed by atoms with van der Waals surface area (Å²) in [6.45, 7) is 2.13. The van der Waals surface area contributed by atoms with Gasteiger partial charge in [0.25, 0.3) is 0 Å². The molecule has 2 aromatic heterocycles. The van der Waals surface area contributed by atoms with Crippen LogP contribution in [-0.4, -0.2) is 9.55 Å². The van der Waals surface area contributed by atoms with E-state index in [0.29, 0.717) is 0 Å². The molecule has 0 spiro atoms. The molecule has 3 aromatic carbocycles. The first kappa shape index (κ1) is 20.7. The Morgan fingerprint density at radius 3 is 2.43 bits per heavy atom. The van der Waals surface area contributed by atoms with Crippen LogP contribution in [0.3, 0.4) is 0 Å². The van der Waals surface area contributed by atoms with Crippen molar-refractivity contribution < 1.29 is 0 Å². The molecule has 0 N–H and O–H groups in total. The van der Waals surface area contributed by atoms with E-state index in [1.807, 2.05) is 11.3 Å². The Kier molecular flexibility index (Phi) is 4.85. The van der Waals surface area contributed by atoms with Crippen LogP contribution < -0.4 is 9.75 Å². The van der Waals surface area contributed by atoms with Crippen molar-refractivity contribution in [2.24, 2.45) is 0 Å². The molecule has 35 heavy (non-hydrogen) atoms. The van der Waals surface area contributed by atoms with E-state index >= 15 is 0 Å². The summed E-state index contributed by atoms with van der Waals surface area (Å²) in [5.41, 5.74) is 9.00. The van der Waals surface area contributed by atoms with Crippen molar-refractivity contribution in [3.05, 3.63) is 112 Å². The largest absolute Gasteiger partial charge is 0.293 e. The molecular formula is C32H26N2S. The lowest BCUT2D eigenvalue weighted by molar-refractivity contribution is 0.944. The van der Waals surface area contributed by atoms with Gasteiger partial charge in [-0.05, 0) is 90.3 Å². The number of benzene rings is 3. The second-order valence-corrected chi connectivity index (χ2v) is 10.6. The molecule has 0 radical (unpaired) electrons. The number of rotatable bonds is 3. The number of aromatic nitrogens is 2. The van der Waals surface area contributed by atoms with Crippen LogP contribution in [0, 0.1) is 6.92 Å². The Hall–Kier alpha value is -3.69. The number of para-hydroxylation sites is 2. The fourth-order valence-electron chi connectivity index (χ4n) is 5.54. The zero-order chi connectivity index (χ0) is 23.4. The van der Waals surface area contributed by atoms with Gasteiger partial charge in [-0.15, -0.1) is 11.3 Å². The summed E-state index contributed by atoms with van der Waals surface area (Å²) < 4.78 is 5.20. The van der Waals surface area contributed by atoms with Gasteiger partial charge in [0, 0.05) is 14.9 Å². The minimum absolute atomic E-state index is 1.01. The van der Waals surface area contributed by atoms with E-state index in [1.54, 1.807) is 5.57 Å². The molecule has 0 saturated carbocycles. The first-order valence-electron chi connectivity index (χ1n) is 12.4. The van der Waals surface area contributed by atoms with Gasteiger partial charge in [0.15, 0.2) is 0 Å². The van der Waals surface area contributed by atoms with E-state index < -0.39 is 0 Å². The van der Waals surface area contributed by atoms with Crippen molar-refractivity contribution in [2.75, 3.05) is 0 Å². The zero-order valence-electron chi connectivity index (χ0n) is 19.8. The first-order chi connectivity index (χ1) is 17.3. The van der Waals surface area contributed by atoms with E-state index in [9.17, 15) is 0 Å². The number of imidazole rings is 1. The van der Waals surface area contributed by atoms with Crippen LogP contribution in [0.5, 0.6) is 0 Å². The molecule has 2 aliphatic carbocycles. The minimum atomic E-state index is 1.01. The van der Waals surface area contributed by atoms with Crippen molar-refractivity contribution >= 4 is 49.7 Å². The fraction of sp³-hybridized carbons (Fsp3) is 0.156. The van der Waals surface area contributed by atoms with Gasteiger partial charge in [0.1, 0.15) is 5.82 Å². The van der Waals surface area contributed by atoms with E-state index in [-0.39, 0.29) is 0 Å². The number of nitrogens with zero attached hydrogens (tertiary/aromatic N) is 2. The summed E-state index contributed by atoms with van der Waals surface area (Å²) in [6.07, 6.45) is 11.5. The summed E-state index contributed by atoms with van der Waals surface area (Å²) in [4.78, 5) is 5.09. The maximum atomic E-state index is 5.09. The van der Waals surface area contributed by atoms with Crippen LogP contribution in [0.2, 0.25) is 0 Å². The highest BCUT2D eigenvalue weighted by molar-refractivity contribution is 7.17. The molecule has 0 fully saturated rings. The Morgan fingerprint density at radius 1 is 0.800 bits per heavy atom. The average Bonchev–Trinajstić information content (AvgIpc) is 3.48. The van der Waals surface area contributed by atoms with Crippen molar-refractivity contribution in [2.45, 2.75) is 32.6 Å². The molecule has 0 aliphatic heterocycles. The molecule has 2 nitrogen and oxygen atoms in total. The molecule has 0 saturated heterocycles. The molecule has 0 bridgehead atoms. The van der Waals surface area contributed by atoms with Gasteiger partial charge in [-0.2, -0.15) is 0 Å². The summed E-state index contributed by atoms with van der Waals surface area (Å²) in [5, 5.41) is 2.85. The van der Waals surface area contributed by atoms with Crippen molar-refractivity contribution in [1.82, 2.24) is 9.55 Å². The Bertz CT molecular complexity index is 1790. The van der Waals surface area contributed by atoms with Crippen LogP contribution in [0.1, 0.15) is 37.1 Å². The van der Waals surface area contributed by atoms with E-state index in [4.69, 9.17) is 4.98 Å². The third kappa shape index (κ3) is 3.42. The van der Waals surface area contributed by atoms with Crippen LogP contribution in [0.4, 0.5) is 0 Å². The number of allylic oxidation sites excluding steroid dienone is 4. The van der Waals surface area contributed by atoms with Gasteiger partial charge < -0.3 is 0 Å². The van der Waals surface area contributed by atoms with Crippen molar-refractivity contribution in [3.63, 3.8) is 0 Å². The highest BCUT2D eigenvalue weighted by Gasteiger charge is 2.20. The summed E-state index contributed by atoms with van der Waals surface area (Å²) >= 11 is 1.96. The average molecular weight is 471 g/mol. The van der Waals surface area contributed by atoms with Gasteiger partial charge in [-0.25, -0.2) is 4.98 Å². The molecule has 7 rings (SSSR count). The fourth-order valence-corrected chi connectivity index (χ4v) is 6.86. The second-order valence-electron chi connectivity index (χ2n) is 9.54. The molecule has 3 heteroatoms. The molecule has 2 aliphatic rings. The molecule has 0 unspecified atom stereocenters. The quantitative estimate of drug-likeness (QED) is 0.276. The van der Waals surface area contributed by atoms with E-state index in [0.717, 1.165) is 42.5 Å². The lowest BCUT2D eigenvalue weighted by atomic mass is 9.89. The van der Waals surface area contributed by atoms with Gasteiger partial charge >= 0.3 is 0 Å². The standard InChI is InChI=1S/C32H26N2S/c1-21-13-19-24(20-14-21)34-29-11-4-3-10-28(29)33-32(34)23-17-15-22(16-18-23)25-8-6-9-27-26-7-2-5-12-30(26)35-31(25)27/h2-5,7,9-15,17,19-20H,6,8,16,18H2,1H3. The monoisotopic (exact) mass is 470 g/mol. The lowest BCUT2D eigenvalue weighted by Gasteiger charge is -2.19. The first-order valence-corrected chi connectivity index (χ1v) is 13.2. The summed E-state index contributed by atoms with van der Waals surface area (Å²) in [6, 6.07) is 26.1. The normalized spacial score (nSPS) is 15.6. The molecule has 0 atom stereocenters.